The number of nitrogens with one attached hydrogen (secondary N) is 2. The molecule has 1 atom stereocenters. The lowest BCUT2D eigenvalue weighted by Gasteiger charge is -2.29. The Hall–Kier alpha value is -1.57. The number of rotatable bonds is 6. The molecule has 0 saturated carbocycles. The van der Waals surface area contributed by atoms with Crippen LogP contribution in [0, 0.1) is 11.2 Å². The lowest BCUT2D eigenvalue weighted by Crippen LogP contribution is -2.52. The Balaban J connectivity index is 1.56. The maximum atomic E-state index is 12.7. The third kappa shape index (κ3) is 5.03. The highest BCUT2D eigenvalue weighted by Crippen LogP contribution is 2.28. The summed E-state index contributed by atoms with van der Waals surface area (Å²) in [4.78, 5) is 37.6. The topological polar surface area (TPSA) is 78.5 Å². The third-order valence-corrected chi connectivity index (χ3v) is 5.61. The van der Waals surface area contributed by atoms with E-state index in [1.54, 1.807) is 4.90 Å². The van der Waals surface area contributed by atoms with Crippen LogP contribution in [0.25, 0.3) is 0 Å². The van der Waals surface area contributed by atoms with Crippen LogP contribution in [0.2, 0.25) is 0 Å². The lowest BCUT2D eigenvalue weighted by atomic mass is 10.0. The number of imide groups is 1. The molecular formula is C19H20IN3O3S. The van der Waals surface area contributed by atoms with Crippen LogP contribution in [0.3, 0.4) is 0 Å². The van der Waals surface area contributed by atoms with Crippen molar-refractivity contribution in [2.45, 2.75) is 38.3 Å². The molecule has 2 aliphatic rings. The Morgan fingerprint density at radius 1 is 1.33 bits per heavy atom. The quantitative estimate of drug-likeness (QED) is 0.272. The summed E-state index contributed by atoms with van der Waals surface area (Å²) in [5.41, 5.74) is 2.80. The largest absolute Gasteiger partial charge is 0.322 e. The fourth-order valence-corrected chi connectivity index (χ4v) is 4.01. The van der Waals surface area contributed by atoms with Crippen molar-refractivity contribution >= 4 is 47.9 Å². The molecule has 2 heterocycles. The van der Waals surface area contributed by atoms with E-state index in [-0.39, 0.29) is 24.1 Å². The summed E-state index contributed by atoms with van der Waals surface area (Å²) in [5.74, 6) is 2.25. The Labute approximate surface area is 174 Å². The van der Waals surface area contributed by atoms with Crippen molar-refractivity contribution in [2.24, 2.45) is 0 Å². The molecule has 1 fully saturated rings. The lowest BCUT2D eigenvalue weighted by molar-refractivity contribution is -0.136. The van der Waals surface area contributed by atoms with Gasteiger partial charge >= 0.3 is 0 Å². The monoisotopic (exact) mass is 497 g/mol. The minimum atomic E-state index is -0.558. The van der Waals surface area contributed by atoms with Gasteiger partial charge in [-0.25, -0.2) is 0 Å². The summed E-state index contributed by atoms with van der Waals surface area (Å²) in [6.45, 7) is 2.00. The smallest absolute Gasteiger partial charge is 0.255 e. The standard InChI is InChI=1S/C19H20IN3O3S/c20-27-10-2-9-21-8-1-3-13-4-5-15-14(11-13)12-23(19(15)26)16-6-7-17(24)22-18(16)25/h4-5,11,16,21H,1,3,6-9,12H2,(H,22,24,25). The van der Waals surface area contributed by atoms with E-state index < -0.39 is 6.04 Å². The van der Waals surface area contributed by atoms with Gasteiger partial charge in [-0.3, -0.25) is 19.7 Å². The van der Waals surface area contributed by atoms with Gasteiger partial charge in [0.05, 0.1) is 6.54 Å². The number of halogens is 1. The van der Waals surface area contributed by atoms with Crippen molar-refractivity contribution in [2.75, 3.05) is 13.1 Å². The van der Waals surface area contributed by atoms with Crippen LogP contribution in [-0.2, 0) is 22.6 Å². The van der Waals surface area contributed by atoms with Crippen LogP contribution < -0.4 is 10.6 Å². The van der Waals surface area contributed by atoms with Gasteiger partial charge < -0.3 is 10.2 Å². The summed E-state index contributed by atoms with van der Waals surface area (Å²) < 4.78 is 0. The van der Waals surface area contributed by atoms with Crippen LogP contribution in [-0.4, -0.2) is 41.8 Å². The Morgan fingerprint density at radius 3 is 2.96 bits per heavy atom. The molecular weight excluding hydrogens is 477 g/mol. The molecule has 0 aliphatic carbocycles. The van der Waals surface area contributed by atoms with Crippen molar-refractivity contribution in [1.82, 2.24) is 15.5 Å². The average Bonchev–Trinajstić information content (AvgIpc) is 2.97. The Kier molecular flexibility index (Phi) is 7.15. The fraction of sp³-hybridized carbons (Fsp3) is 0.421. The van der Waals surface area contributed by atoms with E-state index in [1.807, 2.05) is 12.1 Å². The average molecular weight is 497 g/mol. The van der Waals surface area contributed by atoms with Gasteiger partial charge in [0.2, 0.25) is 11.8 Å². The SMILES string of the molecule is O=C1CCC(N2Cc3cc(CCCNCC#CSI)ccc3C2=O)C(=O)N1. The van der Waals surface area contributed by atoms with Gasteiger partial charge in [0.15, 0.2) is 0 Å². The molecule has 1 aromatic rings. The molecule has 8 heteroatoms. The molecule has 0 spiro atoms. The molecule has 3 rings (SSSR count). The molecule has 3 amide bonds. The number of carbonyl (C=O) groups is 3. The zero-order valence-electron chi connectivity index (χ0n) is 14.7. The molecule has 0 radical (unpaired) electrons. The number of benzene rings is 1. The van der Waals surface area contributed by atoms with E-state index in [4.69, 9.17) is 0 Å². The summed E-state index contributed by atoms with van der Waals surface area (Å²) in [6, 6.07) is 5.34. The molecule has 1 unspecified atom stereocenters. The molecule has 6 nitrogen and oxygen atoms in total. The first-order valence-corrected chi connectivity index (χ1v) is 12.2. The van der Waals surface area contributed by atoms with Gasteiger partial charge in [-0.05, 0) is 57.2 Å². The van der Waals surface area contributed by atoms with E-state index >= 15 is 0 Å². The van der Waals surface area contributed by atoms with Gasteiger partial charge in [-0.1, -0.05) is 18.1 Å². The van der Waals surface area contributed by atoms with Gasteiger partial charge in [0.1, 0.15) is 6.04 Å². The van der Waals surface area contributed by atoms with Crippen molar-refractivity contribution < 1.29 is 14.4 Å². The predicted molar refractivity (Wildman–Crippen MR) is 113 cm³/mol. The van der Waals surface area contributed by atoms with Crippen molar-refractivity contribution in [3.8, 4) is 11.2 Å². The number of hydrogen-bond acceptors (Lipinski definition) is 5. The number of aryl methyl sites for hydroxylation is 1. The summed E-state index contributed by atoms with van der Waals surface area (Å²) in [5, 5.41) is 8.54. The van der Waals surface area contributed by atoms with E-state index in [1.165, 1.54) is 14.5 Å². The van der Waals surface area contributed by atoms with Crippen LogP contribution >= 0.6 is 30.1 Å². The summed E-state index contributed by atoms with van der Waals surface area (Å²) >= 11 is 2.15. The minimum absolute atomic E-state index is 0.126. The molecule has 2 N–H and O–H groups in total. The molecule has 27 heavy (non-hydrogen) atoms. The number of nitrogens with zero attached hydrogens (tertiary/aromatic N) is 1. The maximum Gasteiger partial charge on any atom is 0.255 e. The van der Waals surface area contributed by atoms with Crippen molar-refractivity contribution in [3.05, 3.63) is 34.9 Å². The second-order valence-electron chi connectivity index (χ2n) is 6.53. The van der Waals surface area contributed by atoms with Gasteiger partial charge in [-0.2, -0.15) is 0 Å². The Bertz CT molecular complexity index is 818. The first kappa shape index (κ1) is 20.2. The van der Waals surface area contributed by atoms with E-state index in [0.717, 1.165) is 24.9 Å². The minimum Gasteiger partial charge on any atom is -0.322 e. The second kappa shape index (κ2) is 9.57. The number of fused-ring (bicyclic) bond motifs is 1. The highest BCUT2D eigenvalue weighted by Gasteiger charge is 2.38. The normalized spacial score (nSPS) is 18.8. The number of piperidine rings is 1. The first-order chi connectivity index (χ1) is 13.1. The fourth-order valence-electron chi connectivity index (χ4n) is 3.42. The molecule has 2 aliphatic heterocycles. The first-order valence-electron chi connectivity index (χ1n) is 8.83. The van der Waals surface area contributed by atoms with Crippen molar-refractivity contribution in [3.63, 3.8) is 0 Å². The zero-order chi connectivity index (χ0) is 19.2. The summed E-state index contributed by atoms with van der Waals surface area (Å²) in [7, 11) is 1.48. The van der Waals surface area contributed by atoms with E-state index in [9.17, 15) is 14.4 Å². The molecule has 0 bridgehead atoms. The molecule has 142 valence electrons. The Morgan fingerprint density at radius 2 is 2.19 bits per heavy atom. The second-order valence-corrected chi connectivity index (χ2v) is 8.21. The molecule has 1 saturated heterocycles. The third-order valence-electron chi connectivity index (χ3n) is 4.73. The predicted octanol–water partition coefficient (Wildman–Crippen LogP) is 2.01. The molecule has 1 aromatic carbocycles. The van der Waals surface area contributed by atoms with Gasteiger partial charge in [0.25, 0.3) is 5.91 Å². The van der Waals surface area contributed by atoms with Crippen LogP contribution in [0.1, 0.15) is 40.7 Å². The summed E-state index contributed by atoms with van der Waals surface area (Å²) in [6.07, 6.45) is 2.57. The molecule has 0 aromatic heterocycles. The van der Waals surface area contributed by atoms with Crippen LogP contribution in [0.4, 0.5) is 0 Å². The highest BCUT2D eigenvalue weighted by atomic mass is 127. The number of hydrogen-bond donors (Lipinski definition) is 2. The van der Waals surface area contributed by atoms with E-state index in [2.05, 4.69) is 49.1 Å². The number of amides is 3. The highest BCUT2D eigenvalue weighted by molar-refractivity contribution is 14.2. The number of carbonyl (C=O) groups excluding carboxylic acids is 3. The maximum absolute atomic E-state index is 12.7. The zero-order valence-corrected chi connectivity index (χ0v) is 17.7. The van der Waals surface area contributed by atoms with Crippen LogP contribution in [0.15, 0.2) is 18.2 Å². The van der Waals surface area contributed by atoms with Gasteiger partial charge in [0, 0.05) is 39.7 Å². The van der Waals surface area contributed by atoms with Crippen molar-refractivity contribution in [1.29, 1.82) is 0 Å². The van der Waals surface area contributed by atoms with Gasteiger partial charge in [-0.15, -0.1) is 0 Å². The van der Waals surface area contributed by atoms with Crippen LogP contribution in [0.5, 0.6) is 0 Å². The van der Waals surface area contributed by atoms with E-state index in [0.29, 0.717) is 25.1 Å².